The van der Waals surface area contributed by atoms with Crippen molar-refractivity contribution in [2.45, 2.75) is 4.90 Å². The van der Waals surface area contributed by atoms with E-state index in [0.29, 0.717) is 11.3 Å². The van der Waals surface area contributed by atoms with Crippen LogP contribution in [0.25, 0.3) is 0 Å². The Balaban J connectivity index is 2.10. The third-order valence-corrected chi connectivity index (χ3v) is 4.64. The summed E-state index contributed by atoms with van der Waals surface area (Å²) in [5.74, 6) is -0.160. The fraction of sp³-hybridized carbons (Fsp3) is 0.176. The van der Waals surface area contributed by atoms with Gasteiger partial charge in [0.1, 0.15) is 0 Å². The number of anilines is 1. The van der Waals surface area contributed by atoms with E-state index >= 15 is 0 Å². The fourth-order valence-electron chi connectivity index (χ4n) is 2.06. The quantitative estimate of drug-likeness (QED) is 0.807. The van der Waals surface area contributed by atoms with Crippen LogP contribution in [0, 0.1) is 11.3 Å². The lowest BCUT2D eigenvalue weighted by atomic mass is 10.2. The van der Waals surface area contributed by atoms with Crippen molar-refractivity contribution in [2.24, 2.45) is 0 Å². The van der Waals surface area contributed by atoms with Gasteiger partial charge in [-0.15, -0.1) is 0 Å². The van der Waals surface area contributed by atoms with Gasteiger partial charge in [0.2, 0.25) is 0 Å². The molecule has 0 saturated heterocycles. The molecule has 1 N–H and O–H groups in total. The second-order valence-electron chi connectivity index (χ2n) is 5.24. The molecule has 0 fully saturated rings. The Morgan fingerprint density at radius 2 is 2.04 bits per heavy atom. The summed E-state index contributed by atoms with van der Waals surface area (Å²) in [6.07, 6.45) is 1.08. The molecule has 0 unspecified atom stereocenters. The topological polar surface area (TPSA) is 105 Å². The molecule has 0 bridgehead atoms. The van der Waals surface area contributed by atoms with E-state index in [1.165, 1.54) is 37.4 Å². The first kappa shape index (κ1) is 19.6. The Morgan fingerprint density at radius 1 is 1.31 bits per heavy atom. The molecule has 0 radical (unpaired) electrons. The molecule has 0 saturated carbocycles. The number of carbonyl (C=O) groups excluding carboxylic acids is 1. The Bertz CT molecular complexity index is 983. The van der Waals surface area contributed by atoms with Crippen molar-refractivity contribution in [1.82, 2.24) is 0 Å². The predicted octanol–water partition coefficient (Wildman–Crippen LogP) is 2.64. The van der Waals surface area contributed by atoms with Crippen LogP contribution < -0.4 is 14.8 Å². The van der Waals surface area contributed by atoms with Crippen molar-refractivity contribution in [3.63, 3.8) is 0 Å². The minimum atomic E-state index is -3.38. The first-order chi connectivity index (χ1) is 12.2. The summed E-state index contributed by atoms with van der Waals surface area (Å²) in [4.78, 5) is 12.1. The molecular formula is C17H15ClN2O5S. The van der Waals surface area contributed by atoms with E-state index in [4.69, 9.17) is 26.3 Å². The van der Waals surface area contributed by atoms with Crippen LogP contribution in [0.5, 0.6) is 11.5 Å². The molecular weight excluding hydrogens is 380 g/mol. The Morgan fingerprint density at radius 3 is 2.65 bits per heavy atom. The standard InChI is InChI=1S/C17H15ClN2O5S/c1-24-15-7-11(9-19)6-14(18)17(15)25-10-16(21)20-12-4-3-5-13(8-12)26(2,22)23/h3-8H,10H2,1-2H3,(H,20,21). The Kier molecular flexibility index (Phi) is 6.08. The maximum Gasteiger partial charge on any atom is 0.262 e. The number of amides is 1. The Labute approximate surface area is 156 Å². The largest absolute Gasteiger partial charge is 0.493 e. The maximum absolute atomic E-state index is 12.1. The minimum absolute atomic E-state index is 0.0908. The predicted molar refractivity (Wildman–Crippen MR) is 96.4 cm³/mol. The minimum Gasteiger partial charge on any atom is -0.493 e. The number of nitrogens with one attached hydrogen (secondary N) is 1. The van der Waals surface area contributed by atoms with E-state index in [9.17, 15) is 13.2 Å². The van der Waals surface area contributed by atoms with Gasteiger partial charge in [0.15, 0.2) is 27.9 Å². The van der Waals surface area contributed by atoms with Crippen LogP contribution in [0.15, 0.2) is 41.3 Å². The summed E-state index contributed by atoms with van der Waals surface area (Å²) >= 11 is 6.05. The number of sulfone groups is 1. The highest BCUT2D eigenvalue weighted by molar-refractivity contribution is 7.90. The molecule has 0 atom stereocenters. The van der Waals surface area contributed by atoms with Crippen molar-refractivity contribution in [2.75, 3.05) is 25.3 Å². The number of benzene rings is 2. The third-order valence-electron chi connectivity index (χ3n) is 3.25. The van der Waals surface area contributed by atoms with Gasteiger partial charge >= 0.3 is 0 Å². The van der Waals surface area contributed by atoms with Crippen LogP contribution in [0.4, 0.5) is 5.69 Å². The summed E-state index contributed by atoms with van der Waals surface area (Å²) in [5, 5.41) is 11.6. The summed E-state index contributed by atoms with van der Waals surface area (Å²) in [6, 6.07) is 10.6. The van der Waals surface area contributed by atoms with Gasteiger partial charge in [-0.3, -0.25) is 4.79 Å². The van der Waals surface area contributed by atoms with Crippen molar-refractivity contribution in [3.05, 3.63) is 47.0 Å². The number of rotatable bonds is 6. The molecule has 9 heteroatoms. The second-order valence-corrected chi connectivity index (χ2v) is 7.66. The normalized spacial score (nSPS) is 10.7. The number of hydrogen-bond acceptors (Lipinski definition) is 6. The number of nitrogens with zero attached hydrogens (tertiary/aromatic N) is 1. The summed E-state index contributed by atoms with van der Waals surface area (Å²) in [5.41, 5.74) is 0.612. The van der Waals surface area contributed by atoms with Gasteiger partial charge in [-0.05, 0) is 24.3 Å². The average Bonchev–Trinajstić information content (AvgIpc) is 2.59. The Hall–Kier alpha value is -2.76. The van der Waals surface area contributed by atoms with Gasteiger partial charge in [0.05, 0.1) is 28.7 Å². The number of halogens is 1. The zero-order valence-corrected chi connectivity index (χ0v) is 15.5. The van der Waals surface area contributed by atoms with Gasteiger partial charge in [-0.1, -0.05) is 17.7 Å². The number of hydrogen-bond donors (Lipinski definition) is 1. The average molecular weight is 395 g/mol. The van der Waals surface area contributed by atoms with Crippen LogP contribution >= 0.6 is 11.6 Å². The van der Waals surface area contributed by atoms with Crippen molar-refractivity contribution in [1.29, 1.82) is 5.26 Å². The molecule has 136 valence electrons. The molecule has 0 heterocycles. The summed E-state index contributed by atoms with van der Waals surface area (Å²) < 4.78 is 33.6. The molecule has 7 nitrogen and oxygen atoms in total. The van der Waals surface area contributed by atoms with Crippen molar-refractivity contribution in [3.8, 4) is 17.6 Å². The molecule has 0 aromatic heterocycles. The number of carbonyl (C=O) groups is 1. The fourth-order valence-corrected chi connectivity index (χ4v) is 3.00. The van der Waals surface area contributed by atoms with Gasteiger partial charge in [-0.25, -0.2) is 8.42 Å². The molecule has 0 aliphatic carbocycles. The molecule has 2 aromatic carbocycles. The molecule has 2 aromatic rings. The van der Waals surface area contributed by atoms with E-state index in [0.717, 1.165) is 6.26 Å². The highest BCUT2D eigenvalue weighted by atomic mass is 35.5. The first-order valence-electron chi connectivity index (χ1n) is 7.25. The highest BCUT2D eigenvalue weighted by Gasteiger charge is 2.14. The van der Waals surface area contributed by atoms with Gasteiger partial charge in [0, 0.05) is 18.0 Å². The SMILES string of the molecule is COc1cc(C#N)cc(Cl)c1OCC(=O)Nc1cccc(S(C)(=O)=O)c1. The molecule has 26 heavy (non-hydrogen) atoms. The van der Waals surface area contributed by atoms with Crippen LogP contribution in [0.3, 0.4) is 0 Å². The monoisotopic (exact) mass is 394 g/mol. The number of nitriles is 1. The number of methoxy groups -OCH3 is 1. The van der Waals surface area contributed by atoms with Crippen molar-refractivity contribution >= 4 is 33.0 Å². The smallest absolute Gasteiger partial charge is 0.262 e. The lowest BCUT2D eigenvalue weighted by Crippen LogP contribution is -2.20. The lowest BCUT2D eigenvalue weighted by molar-refractivity contribution is -0.118. The van der Waals surface area contributed by atoms with Crippen LogP contribution in [0.1, 0.15) is 5.56 Å². The summed E-state index contributed by atoms with van der Waals surface area (Å²) in [7, 11) is -2.00. The second kappa shape index (κ2) is 8.08. The van der Waals surface area contributed by atoms with Gasteiger partial charge < -0.3 is 14.8 Å². The molecule has 2 rings (SSSR count). The maximum atomic E-state index is 12.1. The zero-order chi connectivity index (χ0) is 19.3. The molecule has 0 aliphatic heterocycles. The molecule has 1 amide bonds. The van der Waals surface area contributed by atoms with Crippen LogP contribution in [0.2, 0.25) is 5.02 Å². The zero-order valence-electron chi connectivity index (χ0n) is 13.9. The highest BCUT2D eigenvalue weighted by Crippen LogP contribution is 2.36. The third kappa shape index (κ3) is 4.88. The molecule has 0 aliphatic rings. The number of ether oxygens (including phenoxy) is 2. The van der Waals surface area contributed by atoms with E-state index < -0.39 is 15.7 Å². The van der Waals surface area contributed by atoms with E-state index in [2.05, 4.69) is 5.32 Å². The van der Waals surface area contributed by atoms with Crippen LogP contribution in [-0.4, -0.2) is 34.3 Å². The van der Waals surface area contributed by atoms with E-state index in [1.807, 2.05) is 6.07 Å². The first-order valence-corrected chi connectivity index (χ1v) is 9.52. The summed E-state index contributed by atoms with van der Waals surface area (Å²) in [6.45, 7) is -0.384. The van der Waals surface area contributed by atoms with Gasteiger partial charge in [0.25, 0.3) is 5.91 Å². The van der Waals surface area contributed by atoms with Gasteiger partial charge in [-0.2, -0.15) is 5.26 Å². The van der Waals surface area contributed by atoms with Crippen LogP contribution in [-0.2, 0) is 14.6 Å². The molecule has 0 spiro atoms. The van der Waals surface area contributed by atoms with E-state index in [-0.39, 0.29) is 28.0 Å². The van der Waals surface area contributed by atoms with E-state index in [1.54, 1.807) is 6.07 Å². The lowest BCUT2D eigenvalue weighted by Gasteiger charge is -2.13. The van der Waals surface area contributed by atoms with Crippen molar-refractivity contribution < 1.29 is 22.7 Å².